The molecule has 2 amide bonds. The third-order valence-electron chi connectivity index (χ3n) is 5.17. The number of nitrogens with zero attached hydrogens (tertiary/aromatic N) is 2. The Morgan fingerprint density at radius 3 is 2.11 bits per heavy atom. The van der Waals surface area contributed by atoms with Crippen molar-refractivity contribution in [2.24, 2.45) is 5.41 Å². The van der Waals surface area contributed by atoms with E-state index in [4.69, 9.17) is 4.74 Å². The van der Waals surface area contributed by atoms with E-state index in [-0.39, 0.29) is 18.0 Å². The molecule has 2 saturated heterocycles. The number of rotatable bonds is 2. The molecule has 1 spiro atoms. The van der Waals surface area contributed by atoms with Gasteiger partial charge in [0.05, 0.1) is 6.04 Å². The predicted octanol–water partition coefficient (Wildman–Crippen LogP) is 4.01. The van der Waals surface area contributed by atoms with E-state index in [9.17, 15) is 9.59 Å². The molecule has 2 aromatic carbocycles. The van der Waals surface area contributed by atoms with E-state index >= 15 is 0 Å². The molecular weight excluding hydrogens is 340 g/mol. The quantitative estimate of drug-likeness (QED) is 0.757. The molecule has 4 rings (SSSR count). The van der Waals surface area contributed by atoms with Gasteiger partial charge in [0.1, 0.15) is 11.0 Å². The molecule has 0 N–H and O–H groups in total. The normalized spacial score (nSPS) is 20.9. The number of ether oxygens (including phenoxy) is 1. The summed E-state index contributed by atoms with van der Waals surface area (Å²) in [5.74, 6) is 0.0716. The van der Waals surface area contributed by atoms with Crippen molar-refractivity contribution in [3.8, 4) is 0 Å². The van der Waals surface area contributed by atoms with E-state index < -0.39 is 11.0 Å². The maximum absolute atomic E-state index is 13.2. The number of amides is 2. The van der Waals surface area contributed by atoms with Crippen LogP contribution in [0, 0.1) is 5.41 Å². The van der Waals surface area contributed by atoms with Crippen molar-refractivity contribution in [2.75, 3.05) is 18.0 Å². The van der Waals surface area contributed by atoms with Gasteiger partial charge in [-0.3, -0.25) is 4.79 Å². The number of hydrogen-bond acceptors (Lipinski definition) is 3. The van der Waals surface area contributed by atoms with Gasteiger partial charge in [0, 0.05) is 18.8 Å². The number of para-hydroxylation sites is 1. The molecule has 5 nitrogen and oxygen atoms in total. The van der Waals surface area contributed by atoms with Gasteiger partial charge >= 0.3 is 6.09 Å². The highest BCUT2D eigenvalue weighted by Crippen LogP contribution is 2.56. The van der Waals surface area contributed by atoms with Crippen LogP contribution in [0.1, 0.15) is 32.4 Å². The Hall–Kier alpha value is -2.82. The van der Waals surface area contributed by atoms with Crippen LogP contribution >= 0.6 is 0 Å². The molecule has 2 fully saturated rings. The van der Waals surface area contributed by atoms with Crippen molar-refractivity contribution < 1.29 is 14.3 Å². The van der Waals surface area contributed by atoms with Gasteiger partial charge in [0.25, 0.3) is 0 Å². The van der Waals surface area contributed by atoms with Gasteiger partial charge in [-0.15, -0.1) is 0 Å². The zero-order chi connectivity index (χ0) is 19.2. The number of carbonyl (C=O) groups excluding carboxylic acids is 2. The highest BCUT2D eigenvalue weighted by molar-refractivity contribution is 6.08. The summed E-state index contributed by atoms with van der Waals surface area (Å²) in [5.41, 5.74) is 0.870. The molecule has 0 radical (unpaired) electrons. The van der Waals surface area contributed by atoms with Crippen molar-refractivity contribution >= 4 is 17.7 Å². The Balaban J connectivity index is 1.60. The highest BCUT2D eigenvalue weighted by Gasteiger charge is 2.68. The lowest BCUT2D eigenvalue weighted by atomic mass is 9.62. The van der Waals surface area contributed by atoms with Crippen molar-refractivity contribution in [2.45, 2.75) is 32.4 Å². The lowest BCUT2D eigenvalue weighted by molar-refractivity contribution is -0.155. The first-order valence-corrected chi connectivity index (χ1v) is 9.23. The zero-order valence-electron chi connectivity index (χ0n) is 15.9. The average molecular weight is 364 g/mol. The number of β-lactam (4-membered cyclic amide) rings is 1. The second-order valence-corrected chi connectivity index (χ2v) is 8.32. The number of carbonyl (C=O) groups is 2. The van der Waals surface area contributed by atoms with E-state index in [0.29, 0.717) is 13.1 Å². The van der Waals surface area contributed by atoms with Crippen molar-refractivity contribution in [1.29, 1.82) is 0 Å². The Kier molecular flexibility index (Phi) is 3.98. The summed E-state index contributed by atoms with van der Waals surface area (Å²) >= 11 is 0. The first-order valence-electron chi connectivity index (χ1n) is 9.23. The number of likely N-dealkylation sites (tertiary alicyclic amines) is 1. The molecule has 0 aromatic heterocycles. The monoisotopic (exact) mass is 364 g/mol. The molecule has 0 bridgehead atoms. The van der Waals surface area contributed by atoms with E-state index in [1.165, 1.54) is 0 Å². The van der Waals surface area contributed by atoms with E-state index in [1.54, 1.807) is 4.90 Å². The standard InChI is InChI=1S/C22H24N2O3/c1-21(2,3)27-20(26)23-14-22(15-23)18(16-10-6-4-7-11-16)24(19(22)25)17-12-8-5-9-13-17/h4-13,18H,14-15H2,1-3H3. The minimum absolute atomic E-state index is 0.0716. The minimum atomic E-state index is -0.561. The molecule has 2 heterocycles. The molecule has 1 unspecified atom stereocenters. The summed E-state index contributed by atoms with van der Waals surface area (Å²) < 4.78 is 5.45. The first-order chi connectivity index (χ1) is 12.8. The Morgan fingerprint density at radius 2 is 1.56 bits per heavy atom. The fraction of sp³-hybridized carbons (Fsp3) is 0.364. The summed E-state index contributed by atoms with van der Waals surface area (Å²) in [6.07, 6.45) is -0.356. The van der Waals surface area contributed by atoms with Gasteiger partial charge < -0.3 is 14.5 Å². The number of benzene rings is 2. The lowest BCUT2D eigenvalue weighted by Gasteiger charge is -2.63. The van der Waals surface area contributed by atoms with Gasteiger partial charge in [-0.25, -0.2) is 4.79 Å². The third kappa shape index (κ3) is 2.87. The molecule has 5 heteroatoms. The Bertz CT molecular complexity index is 852. The van der Waals surface area contributed by atoms with Gasteiger partial charge in [-0.2, -0.15) is 0 Å². The average Bonchev–Trinajstić information content (AvgIpc) is 2.58. The first kappa shape index (κ1) is 17.6. The van der Waals surface area contributed by atoms with Crippen LogP contribution in [0.5, 0.6) is 0 Å². The highest BCUT2D eigenvalue weighted by atomic mass is 16.6. The van der Waals surface area contributed by atoms with Crippen LogP contribution in [0.25, 0.3) is 0 Å². The van der Waals surface area contributed by atoms with Gasteiger partial charge in [0.15, 0.2) is 0 Å². The molecule has 2 aliphatic rings. The number of anilines is 1. The van der Waals surface area contributed by atoms with E-state index in [1.807, 2.05) is 86.3 Å². The third-order valence-corrected chi connectivity index (χ3v) is 5.17. The second kappa shape index (κ2) is 6.12. The van der Waals surface area contributed by atoms with Crippen LogP contribution < -0.4 is 4.90 Å². The molecule has 0 saturated carbocycles. The Labute approximate surface area is 159 Å². The van der Waals surface area contributed by atoms with Crippen molar-refractivity contribution in [3.63, 3.8) is 0 Å². The molecule has 2 aliphatic heterocycles. The SMILES string of the molecule is CC(C)(C)OC(=O)N1CC2(C1)C(=O)N(c1ccccc1)C2c1ccccc1. The predicted molar refractivity (Wildman–Crippen MR) is 103 cm³/mol. The molecular formula is C22H24N2O3. The summed E-state index contributed by atoms with van der Waals surface area (Å²) in [7, 11) is 0. The zero-order valence-corrected chi connectivity index (χ0v) is 15.9. The fourth-order valence-corrected chi connectivity index (χ4v) is 4.01. The van der Waals surface area contributed by atoms with Crippen LogP contribution in [0.4, 0.5) is 10.5 Å². The molecule has 2 aromatic rings. The minimum Gasteiger partial charge on any atom is -0.444 e. The van der Waals surface area contributed by atoms with Crippen LogP contribution in [-0.4, -0.2) is 35.6 Å². The molecule has 0 aliphatic carbocycles. The van der Waals surface area contributed by atoms with Gasteiger partial charge in [-0.1, -0.05) is 48.5 Å². The van der Waals surface area contributed by atoms with Crippen LogP contribution in [-0.2, 0) is 9.53 Å². The van der Waals surface area contributed by atoms with Crippen molar-refractivity contribution in [1.82, 2.24) is 4.90 Å². The smallest absolute Gasteiger partial charge is 0.410 e. The van der Waals surface area contributed by atoms with Crippen LogP contribution in [0.15, 0.2) is 60.7 Å². The molecule has 140 valence electrons. The topological polar surface area (TPSA) is 49.9 Å². The maximum atomic E-state index is 13.2. The summed E-state index contributed by atoms with van der Waals surface area (Å²) in [4.78, 5) is 29.0. The van der Waals surface area contributed by atoms with Gasteiger partial charge in [-0.05, 0) is 38.5 Å². The van der Waals surface area contributed by atoms with Crippen LogP contribution in [0.2, 0.25) is 0 Å². The molecule has 1 atom stereocenters. The number of hydrogen-bond donors (Lipinski definition) is 0. The van der Waals surface area contributed by atoms with Crippen molar-refractivity contribution in [3.05, 3.63) is 66.2 Å². The lowest BCUT2D eigenvalue weighted by Crippen LogP contribution is -2.77. The summed E-state index contributed by atoms with van der Waals surface area (Å²) in [6, 6.07) is 19.7. The summed E-state index contributed by atoms with van der Waals surface area (Å²) in [6.45, 7) is 6.32. The maximum Gasteiger partial charge on any atom is 0.410 e. The van der Waals surface area contributed by atoms with E-state index in [2.05, 4.69) is 0 Å². The summed E-state index contributed by atoms with van der Waals surface area (Å²) in [5, 5.41) is 0. The molecule has 27 heavy (non-hydrogen) atoms. The van der Waals surface area contributed by atoms with Crippen LogP contribution in [0.3, 0.4) is 0 Å². The fourth-order valence-electron chi connectivity index (χ4n) is 4.01. The van der Waals surface area contributed by atoms with E-state index in [0.717, 1.165) is 11.3 Å². The Morgan fingerprint density at radius 1 is 1.00 bits per heavy atom. The largest absolute Gasteiger partial charge is 0.444 e. The second-order valence-electron chi connectivity index (χ2n) is 8.32. The van der Waals surface area contributed by atoms with Gasteiger partial charge in [0.2, 0.25) is 5.91 Å².